The Kier molecular flexibility index (Phi) is 3.62. The molecule has 0 radical (unpaired) electrons. The molecule has 0 bridgehead atoms. The van der Waals surface area contributed by atoms with Crippen molar-refractivity contribution >= 4 is 26.1 Å². The third-order valence-corrected chi connectivity index (χ3v) is 2.86. The van der Waals surface area contributed by atoms with E-state index in [9.17, 15) is 16.8 Å². The first kappa shape index (κ1) is 13.7. The highest BCUT2D eigenvalue weighted by molar-refractivity contribution is 7.85. The second-order valence-corrected chi connectivity index (χ2v) is 5.53. The summed E-state index contributed by atoms with van der Waals surface area (Å²) < 4.78 is 61.9. The van der Waals surface area contributed by atoms with Gasteiger partial charge in [-0.25, -0.2) is 0 Å². The molecule has 0 aliphatic heterocycles. The van der Waals surface area contributed by atoms with E-state index in [2.05, 4.69) is 9.63 Å². The average Bonchev–Trinajstić information content (AvgIpc) is 2.12. The summed E-state index contributed by atoms with van der Waals surface area (Å²) in [6.45, 7) is 1.44. The summed E-state index contributed by atoms with van der Waals surface area (Å²) >= 11 is 0. The van der Waals surface area contributed by atoms with Gasteiger partial charge in [-0.3, -0.25) is 9.11 Å². The van der Waals surface area contributed by atoms with E-state index in [0.717, 1.165) is 18.2 Å². The lowest BCUT2D eigenvalue weighted by molar-refractivity contribution is 0.480. The van der Waals surface area contributed by atoms with Crippen LogP contribution < -0.4 is 0 Å². The van der Waals surface area contributed by atoms with Crippen molar-refractivity contribution in [3.05, 3.63) is 23.8 Å². The molecule has 0 amide bonds. The Hall–Kier alpha value is -1.36. The Morgan fingerprint density at radius 1 is 1.12 bits per heavy atom. The number of hydrogen-bond donors (Lipinski definition) is 2. The zero-order chi connectivity index (χ0) is 13.3. The molecule has 0 fully saturated rings. The summed E-state index contributed by atoms with van der Waals surface area (Å²) in [5.74, 6) is 0. The van der Waals surface area contributed by atoms with Crippen LogP contribution in [0.15, 0.2) is 32.7 Å². The SMILES string of the molecule is Cc1cc(S(=O)(=O)O)ccc1N=NS(=O)(=O)O. The molecular formula is C7H8N2O6S2. The van der Waals surface area contributed by atoms with Gasteiger partial charge in [-0.15, -0.1) is 5.11 Å². The Bertz CT molecular complexity index is 662. The van der Waals surface area contributed by atoms with Crippen LogP contribution in [0, 0.1) is 6.92 Å². The molecule has 10 heteroatoms. The van der Waals surface area contributed by atoms with E-state index in [4.69, 9.17) is 9.11 Å². The van der Waals surface area contributed by atoms with E-state index < -0.39 is 20.4 Å². The minimum absolute atomic E-state index is 0.0509. The molecule has 94 valence electrons. The Balaban J connectivity index is 3.21. The predicted molar refractivity (Wildman–Crippen MR) is 57.1 cm³/mol. The van der Waals surface area contributed by atoms with Crippen LogP contribution in [0.3, 0.4) is 0 Å². The number of aryl methyl sites for hydroxylation is 1. The van der Waals surface area contributed by atoms with Crippen molar-refractivity contribution in [1.29, 1.82) is 0 Å². The summed E-state index contributed by atoms with van der Waals surface area (Å²) in [5, 5.41) is 3.21. The molecule has 0 saturated heterocycles. The summed E-state index contributed by atoms with van der Waals surface area (Å²) in [6.07, 6.45) is 0. The molecule has 0 aliphatic carbocycles. The molecule has 0 aromatic heterocycles. The highest BCUT2D eigenvalue weighted by Crippen LogP contribution is 2.22. The van der Waals surface area contributed by atoms with Crippen LogP contribution in [-0.4, -0.2) is 25.9 Å². The topological polar surface area (TPSA) is 133 Å². The lowest BCUT2D eigenvalue weighted by Crippen LogP contribution is -1.98. The van der Waals surface area contributed by atoms with Gasteiger partial charge >= 0.3 is 10.3 Å². The molecular weight excluding hydrogens is 272 g/mol. The molecule has 0 unspecified atom stereocenters. The Morgan fingerprint density at radius 3 is 2.12 bits per heavy atom. The molecule has 0 atom stereocenters. The normalized spacial score (nSPS) is 13.1. The van der Waals surface area contributed by atoms with Gasteiger partial charge in [0.25, 0.3) is 10.1 Å². The van der Waals surface area contributed by atoms with Gasteiger partial charge < -0.3 is 0 Å². The molecule has 0 aliphatic rings. The maximum atomic E-state index is 10.8. The molecule has 2 N–H and O–H groups in total. The van der Waals surface area contributed by atoms with Gasteiger partial charge in [0.2, 0.25) is 0 Å². The third kappa shape index (κ3) is 4.19. The lowest BCUT2D eigenvalue weighted by Gasteiger charge is -2.01. The maximum absolute atomic E-state index is 10.8. The summed E-state index contributed by atoms with van der Waals surface area (Å²) in [5.41, 5.74) is 0.322. The lowest BCUT2D eigenvalue weighted by atomic mass is 10.2. The van der Waals surface area contributed by atoms with Crippen molar-refractivity contribution in [1.82, 2.24) is 0 Å². The molecule has 0 spiro atoms. The van der Waals surface area contributed by atoms with Crippen LogP contribution in [0.4, 0.5) is 5.69 Å². The average molecular weight is 280 g/mol. The quantitative estimate of drug-likeness (QED) is 0.629. The fourth-order valence-corrected chi connectivity index (χ4v) is 1.75. The van der Waals surface area contributed by atoms with Crippen molar-refractivity contribution < 1.29 is 25.9 Å². The maximum Gasteiger partial charge on any atom is 0.396 e. The highest BCUT2D eigenvalue weighted by atomic mass is 32.2. The van der Waals surface area contributed by atoms with Gasteiger partial charge in [0.1, 0.15) is 0 Å². The third-order valence-electron chi connectivity index (χ3n) is 1.72. The number of rotatable bonds is 3. The number of benzene rings is 1. The fourth-order valence-electron chi connectivity index (χ4n) is 0.996. The van der Waals surface area contributed by atoms with Crippen molar-refractivity contribution in [2.75, 3.05) is 0 Å². The zero-order valence-corrected chi connectivity index (χ0v) is 10.1. The monoisotopic (exact) mass is 280 g/mol. The first-order valence-corrected chi connectivity index (χ1v) is 6.92. The molecule has 8 nitrogen and oxygen atoms in total. The number of nitrogens with zero attached hydrogens (tertiary/aromatic N) is 2. The van der Waals surface area contributed by atoms with E-state index >= 15 is 0 Å². The molecule has 1 rings (SSSR count). The van der Waals surface area contributed by atoms with Crippen molar-refractivity contribution in [2.45, 2.75) is 11.8 Å². The van der Waals surface area contributed by atoms with E-state index in [1.807, 2.05) is 0 Å². The van der Waals surface area contributed by atoms with Crippen molar-refractivity contribution in [3.8, 4) is 0 Å². The summed E-state index contributed by atoms with van der Waals surface area (Å²) in [4.78, 5) is -0.346. The number of hydrogen-bond acceptors (Lipinski definition) is 5. The molecule has 0 saturated carbocycles. The molecule has 1 aromatic rings. The van der Waals surface area contributed by atoms with Crippen LogP contribution in [0.5, 0.6) is 0 Å². The van der Waals surface area contributed by atoms with E-state index in [0.29, 0.717) is 0 Å². The Labute approximate surface area is 97.6 Å². The van der Waals surface area contributed by atoms with Crippen LogP contribution >= 0.6 is 0 Å². The van der Waals surface area contributed by atoms with Crippen LogP contribution in [0.25, 0.3) is 0 Å². The first-order valence-electron chi connectivity index (χ1n) is 4.08. The van der Waals surface area contributed by atoms with Gasteiger partial charge in [-0.1, -0.05) is 0 Å². The second-order valence-electron chi connectivity index (χ2n) is 3.05. The van der Waals surface area contributed by atoms with Crippen LogP contribution in [-0.2, 0) is 20.4 Å². The van der Waals surface area contributed by atoms with Crippen molar-refractivity contribution in [2.24, 2.45) is 9.63 Å². The minimum atomic E-state index is -4.59. The van der Waals surface area contributed by atoms with Crippen LogP contribution in [0.2, 0.25) is 0 Å². The van der Waals surface area contributed by atoms with E-state index in [1.54, 1.807) is 0 Å². The molecule has 1 aromatic carbocycles. The fraction of sp³-hybridized carbons (Fsp3) is 0.143. The summed E-state index contributed by atoms with van der Waals surface area (Å²) in [7, 11) is -8.91. The molecule has 0 heterocycles. The summed E-state index contributed by atoms with van der Waals surface area (Å²) in [6, 6.07) is 3.27. The minimum Gasteiger partial charge on any atom is -0.282 e. The van der Waals surface area contributed by atoms with Gasteiger partial charge in [0.05, 0.1) is 10.6 Å². The van der Waals surface area contributed by atoms with Gasteiger partial charge in [-0.05, 0) is 35.2 Å². The largest absolute Gasteiger partial charge is 0.396 e. The van der Waals surface area contributed by atoms with E-state index in [-0.39, 0.29) is 16.1 Å². The first-order chi connectivity index (χ1) is 7.59. The van der Waals surface area contributed by atoms with Gasteiger partial charge in [0.15, 0.2) is 0 Å². The van der Waals surface area contributed by atoms with Crippen LogP contribution in [0.1, 0.15) is 5.56 Å². The Morgan fingerprint density at radius 2 is 1.71 bits per heavy atom. The van der Waals surface area contributed by atoms with Crippen molar-refractivity contribution in [3.63, 3.8) is 0 Å². The smallest absolute Gasteiger partial charge is 0.282 e. The second kappa shape index (κ2) is 4.49. The molecule has 17 heavy (non-hydrogen) atoms. The van der Waals surface area contributed by atoms with E-state index in [1.165, 1.54) is 6.92 Å². The standard InChI is InChI=1S/C7H8N2O6S2/c1-5-4-6(16(10,11)12)2-3-7(5)8-9-17(13,14)15/h2-4H,1H3,(H,10,11,12)(H,13,14,15). The van der Waals surface area contributed by atoms with Gasteiger partial charge in [-0.2, -0.15) is 16.8 Å². The zero-order valence-electron chi connectivity index (χ0n) is 8.47. The highest BCUT2D eigenvalue weighted by Gasteiger charge is 2.11. The predicted octanol–water partition coefficient (Wildman–Crippen LogP) is 1.13. The van der Waals surface area contributed by atoms with Gasteiger partial charge in [0, 0.05) is 0 Å².